The van der Waals surface area contributed by atoms with Crippen LogP contribution < -0.4 is 4.90 Å². The summed E-state index contributed by atoms with van der Waals surface area (Å²) in [7, 11) is 0. The zero-order valence-electron chi connectivity index (χ0n) is 10.2. The summed E-state index contributed by atoms with van der Waals surface area (Å²) in [5, 5.41) is 0.424. The van der Waals surface area contributed by atoms with E-state index >= 15 is 0 Å². The number of amides is 1. The molecule has 0 bridgehead atoms. The maximum Gasteiger partial charge on any atom is 0.409 e. The summed E-state index contributed by atoms with van der Waals surface area (Å²) < 4.78 is 4.96. The number of piperazine rings is 1. The molecule has 2 rings (SSSR count). The highest BCUT2D eigenvalue weighted by Gasteiger charge is 2.22. The number of aromatic nitrogens is 2. The molecule has 1 aliphatic rings. The Hall–Kier alpha value is -1.56. The van der Waals surface area contributed by atoms with Crippen LogP contribution >= 0.6 is 11.6 Å². The van der Waals surface area contributed by atoms with Gasteiger partial charge >= 0.3 is 6.09 Å². The van der Waals surface area contributed by atoms with Crippen molar-refractivity contribution >= 4 is 23.5 Å². The van der Waals surface area contributed by atoms with E-state index in [1.54, 1.807) is 17.9 Å². The third-order valence-corrected chi connectivity index (χ3v) is 2.96. The number of carbonyl (C=O) groups excluding carboxylic acids is 1. The average molecular weight is 271 g/mol. The fraction of sp³-hybridized carbons (Fsp3) is 0.545. The van der Waals surface area contributed by atoms with Gasteiger partial charge in [-0.3, -0.25) is 0 Å². The van der Waals surface area contributed by atoms with Gasteiger partial charge in [-0.1, -0.05) is 11.6 Å². The molecule has 0 spiro atoms. The molecule has 0 atom stereocenters. The molecule has 1 aromatic rings. The first kappa shape index (κ1) is 12.9. The van der Waals surface area contributed by atoms with Crippen LogP contribution in [-0.2, 0) is 4.74 Å². The molecule has 0 saturated carbocycles. The first-order chi connectivity index (χ1) is 8.70. The number of hydrogen-bond donors (Lipinski definition) is 0. The predicted octanol–water partition coefficient (Wildman–Crippen LogP) is 1.41. The van der Waals surface area contributed by atoms with Crippen LogP contribution in [0.5, 0.6) is 0 Å². The fourth-order valence-electron chi connectivity index (χ4n) is 1.83. The zero-order valence-corrected chi connectivity index (χ0v) is 10.9. The van der Waals surface area contributed by atoms with Gasteiger partial charge in [-0.2, -0.15) is 0 Å². The number of carbonyl (C=O) groups is 1. The average Bonchev–Trinajstić information content (AvgIpc) is 2.39. The Kier molecular flexibility index (Phi) is 4.19. The van der Waals surface area contributed by atoms with E-state index in [1.165, 1.54) is 6.33 Å². The Morgan fingerprint density at radius 3 is 2.72 bits per heavy atom. The topological polar surface area (TPSA) is 58.6 Å². The normalized spacial score (nSPS) is 15.7. The highest BCUT2D eigenvalue weighted by molar-refractivity contribution is 6.29. The van der Waals surface area contributed by atoms with Gasteiger partial charge in [0.05, 0.1) is 6.61 Å². The van der Waals surface area contributed by atoms with Crippen LogP contribution in [-0.4, -0.2) is 53.7 Å². The lowest BCUT2D eigenvalue weighted by atomic mass is 10.3. The molecule has 7 heteroatoms. The molecule has 0 aliphatic carbocycles. The van der Waals surface area contributed by atoms with Crippen molar-refractivity contribution < 1.29 is 9.53 Å². The van der Waals surface area contributed by atoms with E-state index in [0.717, 1.165) is 5.82 Å². The molecule has 1 fully saturated rings. The van der Waals surface area contributed by atoms with Gasteiger partial charge < -0.3 is 14.5 Å². The highest BCUT2D eigenvalue weighted by atomic mass is 35.5. The van der Waals surface area contributed by atoms with Crippen LogP contribution in [0.1, 0.15) is 6.92 Å². The van der Waals surface area contributed by atoms with Gasteiger partial charge in [0.2, 0.25) is 0 Å². The molecule has 2 heterocycles. The van der Waals surface area contributed by atoms with Crippen molar-refractivity contribution in [3.8, 4) is 0 Å². The van der Waals surface area contributed by atoms with Gasteiger partial charge in [0, 0.05) is 32.2 Å². The number of ether oxygens (including phenoxy) is 1. The molecule has 0 unspecified atom stereocenters. The van der Waals surface area contributed by atoms with E-state index in [4.69, 9.17) is 16.3 Å². The fourth-order valence-corrected chi connectivity index (χ4v) is 1.97. The maximum atomic E-state index is 11.5. The van der Waals surface area contributed by atoms with Crippen LogP contribution in [0.25, 0.3) is 0 Å². The molecular weight excluding hydrogens is 256 g/mol. The SMILES string of the molecule is CCOC(=O)N1CCN(c2cc(Cl)ncn2)CC1. The Morgan fingerprint density at radius 2 is 2.11 bits per heavy atom. The van der Waals surface area contributed by atoms with Crippen LogP contribution in [0.15, 0.2) is 12.4 Å². The van der Waals surface area contributed by atoms with E-state index in [-0.39, 0.29) is 6.09 Å². The summed E-state index contributed by atoms with van der Waals surface area (Å²) >= 11 is 5.82. The van der Waals surface area contributed by atoms with Gasteiger partial charge in [-0.25, -0.2) is 14.8 Å². The van der Waals surface area contributed by atoms with Crippen molar-refractivity contribution in [1.82, 2.24) is 14.9 Å². The Morgan fingerprint density at radius 1 is 1.39 bits per heavy atom. The van der Waals surface area contributed by atoms with E-state index in [1.807, 2.05) is 0 Å². The molecule has 1 aromatic heterocycles. The summed E-state index contributed by atoms with van der Waals surface area (Å²) in [5.41, 5.74) is 0. The van der Waals surface area contributed by atoms with Gasteiger partial charge in [-0.05, 0) is 6.92 Å². The lowest BCUT2D eigenvalue weighted by Crippen LogP contribution is -2.49. The quantitative estimate of drug-likeness (QED) is 0.761. The largest absolute Gasteiger partial charge is 0.450 e. The zero-order chi connectivity index (χ0) is 13.0. The molecule has 0 radical (unpaired) electrons. The monoisotopic (exact) mass is 270 g/mol. The molecule has 18 heavy (non-hydrogen) atoms. The minimum absolute atomic E-state index is 0.252. The van der Waals surface area contributed by atoms with Crippen LogP contribution in [0.4, 0.5) is 10.6 Å². The third kappa shape index (κ3) is 3.01. The number of anilines is 1. The van der Waals surface area contributed by atoms with Crippen LogP contribution in [0, 0.1) is 0 Å². The second kappa shape index (κ2) is 5.86. The molecule has 1 aliphatic heterocycles. The Balaban J connectivity index is 1.92. The smallest absolute Gasteiger partial charge is 0.409 e. The van der Waals surface area contributed by atoms with E-state index in [0.29, 0.717) is 37.9 Å². The second-order valence-electron chi connectivity index (χ2n) is 3.87. The van der Waals surface area contributed by atoms with Gasteiger partial charge in [0.1, 0.15) is 17.3 Å². The summed E-state index contributed by atoms with van der Waals surface area (Å²) in [6.45, 7) is 4.89. The van der Waals surface area contributed by atoms with Crippen LogP contribution in [0.2, 0.25) is 5.15 Å². The molecule has 1 amide bonds. The summed E-state index contributed by atoms with van der Waals surface area (Å²) in [4.78, 5) is 23.3. The molecule has 98 valence electrons. The minimum atomic E-state index is -0.252. The third-order valence-electron chi connectivity index (χ3n) is 2.75. The number of nitrogens with zero attached hydrogens (tertiary/aromatic N) is 4. The molecular formula is C11H15ClN4O2. The van der Waals surface area contributed by atoms with E-state index < -0.39 is 0 Å². The van der Waals surface area contributed by atoms with Crippen molar-refractivity contribution in [3.63, 3.8) is 0 Å². The summed E-state index contributed by atoms with van der Waals surface area (Å²) in [6, 6.07) is 1.72. The molecule has 0 aromatic carbocycles. The summed E-state index contributed by atoms with van der Waals surface area (Å²) in [6.07, 6.45) is 1.19. The number of halogens is 1. The van der Waals surface area contributed by atoms with Gasteiger partial charge in [0.25, 0.3) is 0 Å². The Labute approximate surface area is 111 Å². The first-order valence-corrected chi connectivity index (χ1v) is 6.22. The molecule has 6 nitrogen and oxygen atoms in total. The van der Waals surface area contributed by atoms with Crippen molar-refractivity contribution in [2.45, 2.75) is 6.92 Å². The molecule has 1 saturated heterocycles. The van der Waals surface area contributed by atoms with Gasteiger partial charge in [0.15, 0.2) is 0 Å². The predicted molar refractivity (Wildman–Crippen MR) is 67.9 cm³/mol. The highest BCUT2D eigenvalue weighted by Crippen LogP contribution is 2.16. The lowest BCUT2D eigenvalue weighted by molar-refractivity contribution is 0.105. The van der Waals surface area contributed by atoms with Crippen LogP contribution in [0.3, 0.4) is 0 Å². The molecule has 0 N–H and O–H groups in total. The van der Waals surface area contributed by atoms with Crippen molar-refractivity contribution in [1.29, 1.82) is 0 Å². The van der Waals surface area contributed by atoms with Gasteiger partial charge in [-0.15, -0.1) is 0 Å². The van der Waals surface area contributed by atoms with E-state index in [2.05, 4.69) is 14.9 Å². The van der Waals surface area contributed by atoms with Crippen molar-refractivity contribution in [2.75, 3.05) is 37.7 Å². The number of hydrogen-bond acceptors (Lipinski definition) is 5. The van der Waals surface area contributed by atoms with Crippen molar-refractivity contribution in [3.05, 3.63) is 17.5 Å². The Bertz CT molecular complexity index is 421. The number of rotatable bonds is 2. The standard InChI is InChI=1S/C11H15ClN4O2/c1-2-18-11(17)16-5-3-15(4-6-16)10-7-9(12)13-8-14-10/h7-8H,2-6H2,1H3. The second-order valence-corrected chi connectivity index (χ2v) is 4.26. The minimum Gasteiger partial charge on any atom is -0.450 e. The van der Waals surface area contributed by atoms with E-state index in [9.17, 15) is 4.79 Å². The first-order valence-electron chi connectivity index (χ1n) is 5.85. The van der Waals surface area contributed by atoms with Crippen molar-refractivity contribution in [2.24, 2.45) is 0 Å². The summed E-state index contributed by atoms with van der Waals surface area (Å²) in [5.74, 6) is 0.790. The maximum absolute atomic E-state index is 11.5. The lowest BCUT2D eigenvalue weighted by Gasteiger charge is -2.34.